The van der Waals surface area contributed by atoms with E-state index in [1.807, 2.05) is 24.3 Å². The highest BCUT2D eigenvalue weighted by Gasteiger charge is 2.16. The molecule has 0 saturated carbocycles. The molecule has 4 heteroatoms. The summed E-state index contributed by atoms with van der Waals surface area (Å²) >= 11 is 0. The van der Waals surface area contributed by atoms with Gasteiger partial charge in [0.1, 0.15) is 12.4 Å². The number of nitrogens with one attached hydrogen (secondary N) is 1. The SMILES string of the molecule is CCCc1ccc(NC(=O)c2cccc(OCC3CCCO3)c2)cc1. The molecule has 1 aliphatic rings. The third kappa shape index (κ3) is 5.07. The fourth-order valence-electron chi connectivity index (χ4n) is 2.94. The zero-order valence-electron chi connectivity index (χ0n) is 14.7. The van der Waals surface area contributed by atoms with Crippen LogP contribution in [0.3, 0.4) is 0 Å². The summed E-state index contributed by atoms with van der Waals surface area (Å²) in [5.41, 5.74) is 2.67. The van der Waals surface area contributed by atoms with Gasteiger partial charge in [-0.3, -0.25) is 4.79 Å². The number of amides is 1. The molecule has 1 atom stereocenters. The Balaban J connectivity index is 1.58. The van der Waals surface area contributed by atoms with Crippen molar-refractivity contribution >= 4 is 11.6 Å². The second-order valence-electron chi connectivity index (χ2n) is 6.37. The van der Waals surface area contributed by atoms with E-state index < -0.39 is 0 Å². The van der Waals surface area contributed by atoms with Crippen LogP contribution in [0.5, 0.6) is 5.75 Å². The minimum Gasteiger partial charge on any atom is -0.491 e. The molecule has 1 N–H and O–H groups in total. The van der Waals surface area contributed by atoms with Crippen molar-refractivity contribution in [1.82, 2.24) is 0 Å². The first-order valence-corrected chi connectivity index (χ1v) is 8.99. The molecule has 0 aliphatic carbocycles. The second kappa shape index (κ2) is 8.67. The Bertz CT molecular complexity index is 691. The van der Waals surface area contributed by atoms with Crippen LogP contribution in [0.15, 0.2) is 48.5 Å². The topological polar surface area (TPSA) is 47.6 Å². The average molecular weight is 339 g/mol. The molecule has 1 unspecified atom stereocenters. The van der Waals surface area contributed by atoms with Gasteiger partial charge < -0.3 is 14.8 Å². The predicted octanol–water partition coefficient (Wildman–Crippen LogP) is 4.45. The van der Waals surface area contributed by atoms with E-state index in [1.54, 1.807) is 12.1 Å². The Hall–Kier alpha value is -2.33. The van der Waals surface area contributed by atoms with Gasteiger partial charge in [0.15, 0.2) is 0 Å². The summed E-state index contributed by atoms with van der Waals surface area (Å²) in [5, 5.41) is 2.93. The Morgan fingerprint density at radius 3 is 2.80 bits per heavy atom. The molecule has 0 bridgehead atoms. The van der Waals surface area contributed by atoms with E-state index in [9.17, 15) is 4.79 Å². The first kappa shape index (κ1) is 17.5. The number of rotatable bonds is 7. The lowest BCUT2D eigenvalue weighted by Crippen LogP contribution is -2.17. The molecule has 25 heavy (non-hydrogen) atoms. The van der Waals surface area contributed by atoms with Gasteiger partial charge in [-0.15, -0.1) is 0 Å². The van der Waals surface area contributed by atoms with Crippen LogP contribution in [-0.4, -0.2) is 25.2 Å². The number of carbonyl (C=O) groups excluding carboxylic acids is 1. The summed E-state index contributed by atoms with van der Waals surface area (Å²) in [7, 11) is 0. The molecule has 2 aromatic rings. The van der Waals surface area contributed by atoms with E-state index in [0.29, 0.717) is 17.9 Å². The van der Waals surface area contributed by atoms with Crippen molar-refractivity contribution in [3.8, 4) is 5.75 Å². The van der Waals surface area contributed by atoms with Crippen molar-refractivity contribution in [1.29, 1.82) is 0 Å². The van der Waals surface area contributed by atoms with Crippen molar-refractivity contribution in [3.63, 3.8) is 0 Å². The highest BCUT2D eigenvalue weighted by molar-refractivity contribution is 6.04. The molecule has 1 heterocycles. The van der Waals surface area contributed by atoms with Gasteiger partial charge in [-0.1, -0.05) is 31.5 Å². The standard InChI is InChI=1S/C21H25NO3/c1-2-5-16-9-11-18(12-10-16)22-21(23)17-6-3-7-19(14-17)25-15-20-8-4-13-24-20/h3,6-7,9-12,14,20H,2,4-5,8,13,15H2,1H3,(H,22,23). The maximum Gasteiger partial charge on any atom is 0.255 e. The fourth-order valence-corrected chi connectivity index (χ4v) is 2.94. The summed E-state index contributed by atoms with van der Waals surface area (Å²) in [4.78, 5) is 12.4. The lowest BCUT2D eigenvalue weighted by atomic mass is 10.1. The molecular weight excluding hydrogens is 314 g/mol. The van der Waals surface area contributed by atoms with Crippen molar-refractivity contribution < 1.29 is 14.3 Å². The first-order chi connectivity index (χ1) is 12.2. The zero-order chi connectivity index (χ0) is 17.5. The summed E-state index contributed by atoms with van der Waals surface area (Å²) < 4.78 is 11.3. The van der Waals surface area contributed by atoms with E-state index in [2.05, 4.69) is 24.4 Å². The molecule has 1 aliphatic heterocycles. The third-order valence-electron chi connectivity index (χ3n) is 4.31. The predicted molar refractivity (Wildman–Crippen MR) is 99.3 cm³/mol. The van der Waals surface area contributed by atoms with Gasteiger partial charge >= 0.3 is 0 Å². The van der Waals surface area contributed by atoms with Crippen LogP contribution in [0.4, 0.5) is 5.69 Å². The van der Waals surface area contributed by atoms with Gasteiger partial charge in [-0.25, -0.2) is 0 Å². The van der Waals surface area contributed by atoms with E-state index in [-0.39, 0.29) is 12.0 Å². The molecule has 2 aromatic carbocycles. The highest BCUT2D eigenvalue weighted by Crippen LogP contribution is 2.18. The maximum atomic E-state index is 12.4. The lowest BCUT2D eigenvalue weighted by molar-refractivity contribution is 0.0679. The van der Waals surface area contributed by atoms with Crippen LogP contribution in [0.25, 0.3) is 0 Å². The fraction of sp³-hybridized carbons (Fsp3) is 0.381. The number of hydrogen-bond donors (Lipinski definition) is 1. The number of anilines is 1. The zero-order valence-corrected chi connectivity index (χ0v) is 14.7. The van der Waals surface area contributed by atoms with Gasteiger partial charge in [-0.2, -0.15) is 0 Å². The molecule has 132 valence electrons. The lowest BCUT2D eigenvalue weighted by Gasteiger charge is -2.12. The van der Waals surface area contributed by atoms with Crippen LogP contribution in [0.1, 0.15) is 42.1 Å². The van der Waals surface area contributed by atoms with Crippen molar-refractivity contribution in [2.45, 2.75) is 38.7 Å². The van der Waals surface area contributed by atoms with Crippen LogP contribution in [0.2, 0.25) is 0 Å². The van der Waals surface area contributed by atoms with Crippen LogP contribution in [-0.2, 0) is 11.2 Å². The van der Waals surface area contributed by atoms with Crippen molar-refractivity contribution in [2.24, 2.45) is 0 Å². The summed E-state index contributed by atoms with van der Waals surface area (Å²) in [6.45, 7) is 3.50. The first-order valence-electron chi connectivity index (χ1n) is 8.99. The van der Waals surface area contributed by atoms with E-state index in [0.717, 1.165) is 38.0 Å². The number of carbonyl (C=O) groups is 1. The molecule has 3 rings (SSSR count). The van der Waals surface area contributed by atoms with Crippen LogP contribution in [0, 0.1) is 0 Å². The molecule has 1 fully saturated rings. The largest absolute Gasteiger partial charge is 0.491 e. The van der Waals surface area contributed by atoms with Crippen LogP contribution >= 0.6 is 0 Å². The molecular formula is C21H25NO3. The average Bonchev–Trinajstić information content (AvgIpc) is 3.16. The molecule has 0 radical (unpaired) electrons. The van der Waals surface area contributed by atoms with Gasteiger partial charge in [0.2, 0.25) is 0 Å². The van der Waals surface area contributed by atoms with E-state index in [1.165, 1.54) is 5.56 Å². The Morgan fingerprint density at radius 2 is 2.08 bits per heavy atom. The van der Waals surface area contributed by atoms with Crippen molar-refractivity contribution in [3.05, 3.63) is 59.7 Å². The normalized spacial score (nSPS) is 16.6. The molecule has 0 spiro atoms. The smallest absolute Gasteiger partial charge is 0.255 e. The molecule has 1 saturated heterocycles. The minimum absolute atomic E-state index is 0.134. The van der Waals surface area contributed by atoms with Crippen molar-refractivity contribution in [2.75, 3.05) is 18.5 Å². The Labute approximate surface area is 149 Å². The van der Waals surface area contributed by atoms with Gasteiger partial charge in [0, 0.05) is 17.9 Å². The summed E-state index contributed by atoms with van der Waals surface area (Å²) in [6.07, 6.45) is 4.46. The van der Waals surface area contributed by atoms with Gasteiger partial charge in [0.05, 0.1) is 6.10 Å². The maximum absolute atomic E-state index is 12.4. The monoisotopic (exact) mass is 339 g/mol. The molecule has 4 nitrogen and oxygen atoms in total. The Kier molecular flexibility index (Phi) is 6.07. The highest BCUT2D eigenvalue weighted by atomic mass is 16.5. The Morgan fingerprint density at radius 1 is 1.24 bits per heavy atom. The van der Waals surface area contributed by atoms with Crippen LogP contribution < -0.4 is 10.1 Å². The number of benzene rings is 2. The van der Waals surface area contributed by atoms with Gasteiger partial charge in [-0.05, 0) is 55.2 Å². The van der Waals surface area contributed by atoms with Gasteiger partial charge in [0.25, 0.3) is 5.91 Å². The van der Waals surface area contributed by atoms with E-state index >= 15 is 0 Å². The number of aryl methyl sites for hydroxylation is 1. The molecule has 0 aromatic heterocycles. The molecule has 1 amide bonds. The number of ether oxygens (including phenoxy) is 2. The number of hydrogen-bond acceptors (Lipinski definition) is 3. The quantitative estimate of drug-likeness (QED) is 0.811. The third-order valence-corrected chi connectivity index (χ3v) is 4.31. The minimum atomic E-state index is -0.134. The second-order valence-corrected chi connectivity index (χ2v) is 6.37. The summed E-state index contributed by atoms with van der Waals surface area (Å²) in [5.74, 6) is 0.562. The van der Waals surface area contributed by atoms with E-state index in [4.69, 9.17) is 9.47 Å². The summed E-state index contributed by atoms with van der Waals surface area (Å²) in [6, 6.07) is 15.3.